The Bertz CT molecular complexity index is 565. The summed E-state index contributed by atoms with van der Waals surface area (Å²) in [7, 11) is 0. The number of benzene rings is 1. The number of aromatic nitrogens is 1. The number of anilines is 1. The Hall–Kier alpha value is -2.07. The highest BCUT2D eigenvalue weighted by molar-refractivity contribution is 5.38. The van der Waals surface area contributed by atoms with Gasteiger partial charge in [-0.2, -0.15) is 0 Å². The fourth-order valence-corrected chi connectivity index (χ4v) is 2.78. The highest BCUT2D eigenvalue weighted by Crippen LogP contribution is 2.18. The summed E-state index contributed by atoms with van der Waals surface area (Å²) in [5, 5.41) is 13.0. The van der Waals surface area contributed by atoms with Crippen molar-refractivity contribution < 1.29 is 5.11 Å². The van der Waals surface area contributed by atoms with E-state index >= 15 is 0 Å². The van der Waals surface area contributed by atoms with Crippen LogP contribution >= 0.6 is 0 Å². The van der Waals surface area contributed by atoms with Gasteiger partial charge in [-0.3, -0.25) is 0 Å². The van der Waals surface area contributed by atoms with Crippen LogP contribution in [-0.4, -0.2) is 29.2 Å². The zero-order valence-corrected chi connectivity index (χ0v) is 12.1. The van der Waals surface area contributed by atoms with Crippen molar-refractivity contribution in [1.82, 2.24) is 10.3 Å². The van der Waals surface area contributed by atoms with Gasteiger partial charge < -0.3 is 15.3 Å². The quantitative estimate of drug-likeness (QED) is 0.905. The maximum atomic E-state index is 9.47. The molecule has 0 amide bonds. The SMILES string of the molecule is Oc1cccc(CNC2CCN(c3ccccn3)CC2)c1. The molecule has 1 aromatic heterocycles. The van der Waals surface area contributed by atoms with E-state index in [4.69, 9.17) is 0 Å². The summed E-state index contributed by atoms with van der Waals surface area (Å²) in [5.41, 5.74) is 1.13. The van der Waals surface area contributed by atoms with E-state index in [0.29, 0.717) is 11.8 Å². The maximum absolute atomic E-state index is 9.47. The lowest BCUT2D eigenvalue weighted by Gasteiger charge is -2.33. The van der Waals surface area contributed by atoms with Crippen molar-refractivity contribution in [3.63, 3.8) is 0 Å². The minimum Gasteiger partial charge on any atom is -0.508 e. The number of phenolic OH excluding ortho intramolecular Hbond substituents is 1. The number of phenols is 1. The van der Waals surface area contributed by atoms with Gasteiger partial charge in [-0.05, 0) is 42.7 Å². The molecule has 0 radical (unpaired) electrons. The van der Waals surface area contributed by atoms with E-state index in [1.165, 1.54) is 0 Å². The van der Waals surface area contributed by atoms with Gasteiger partial charge in [-0.15, -0.1) is 0 Å². The number of aromatic hydroxyl groups is 1. The van der Waals surface area contributed by atoms with Crippen LogP contribution in [0, 0.1) is 0 Å². The Morgan fingerprint density at radius 1 is 1.14 bits per heavy atom. The van der Waals surface area contributed by atoms with Crippen molar-refractivity contribution in [3.8, 4) is 5.75 Å². The summed E-state index contributed by atoms with van der Waals surface area (Å²) in [6.45, 7) is 2.88. The van der Waals surface area contributed by atoms with Gasteiger partial charge in [0.1, 0.15) is 11.6 Å². The fraction of sp³-hybridized carbons (Fsp3) is 0.353. The number of nitrogens with zero attached hydrogens (tertiary/aromatic N) is 2. The average molecular weight is 283 g/mol. The molecule has 21 heavy (non-hydrogen) atoms. The summed E-state index contributed by atoms with van der Waals surface area (Å²) in [6.07, 6.45) is 4.09. The van der Waals surface area contributed by atoms with E-state index in [9.17, 15) is 5.11 Å². The van der Waals surface area contributed by atoms with Crippen molar-refractivity contribution in [2.24, 2.45) is 0 Å². The average Bonchev–Trinajstić information content (AvgIpc) is 2.54. The molecule has 0 spiro atoms. The topological polar surface area (TPSA) is 48.4 Å². The van der Waals surface area contributed by atoms with E-state index in [2.05, 4.69) is 21.3 Å². The smallest absolute Gasteiger partial charge is 0.128 e. The molecular weight excluding hydrogens is 262 g/mol. The van der Waals surface area contributed by atoms with E-state index in [1.54, 1.807) is 6.07 Å². The lowest BCUT2D eigenvalue weighted by Crippen LogP contribution is -2.42. The lowest BCUT2D eigenvalue weighted by molar-refractivity contribution is 0.412. The van der Waals surface area contributed by atoms with Gasteiger partial charge in [-0.25, -0.2) is 4.98 Å². The van der Waals surface area contributed by atoms with Gasteiger partial charge in [0.15, 0.2) is 0 Å². The molecule has 1 fully saturated rings. The first-order valence-corrected chi connectivity index (χ1v) is 7.48. The molecule has 1 saturated heterocycles. The second-order valence-corrected chi connectivity index (χ2v) is 5.50. The largest absolute Gasteiger partial charge is 0.508 e. The van der Waals surface area contributed by atoms with Crippen LogP contribution in [0.1, 0.15) is 18.4 Å². The number of pyridine rings is 1. The zero-order valence-electron chi connectivity index (χ0n) is 12.1. The molecule has 1 aromatic carbocycles. The molecule has 110 valence electrons. The van der Waals surface area contributed by atoms with Crippen LogP contribution in [0.5, 0.6) is 5.75 Å². The first kappa shape index (κ1) is 13.9. The van der Waals surface area contributed by atoms with E-state index in [-0.39, 0.29) is 0 Å². The molecule has 4 heteroatoms. The van der Waals surface area contributed by atoms with Crippen molar-refractivity contribution in [2.45, 2.75) is 25.4 Å². The Labute approximate surface area is 125 Å². The van der Waals surface area contributed by atoms with Gasteiger partial charge in [-0.1, -0.05) is 18.2 Å². The van der Waals surface area contributed by atoms with Gasteiger partial charge >= 0.3 is 0 Å². The Morgan fingerprint density at radius 3 is 2.71 bits per heavy atom. The molecule has 0 unspecified atom stereocenters. The van der Waals surface area contributed by atoms with Crippen LogP contribution in [0.25, 0.3) is 0 Å². The maximum Gasteiger partial charge on any atom is 0.128 e. The summed E-state index contributed by atoms with van der Waals surface area (Å²) < 4.78 is 0. The molecule has 2 aromatic rings. The van der Waals surface area contributed by atoms with Crippen LogP contribution in [0.4, 0.5) is 5.82 Å². The molecule has 4 nitrogen and oxygen atoms in total. The van der Waals surface area contributed by atoms with Crippen LogP contribution in [0.3, 0.4) is 0 Å². The Kier molecular flexibility index (Phi) is 4.36. The van der Waals surface area contributed by atoms with Crippen LogP contribution in [-0.2, 0) is 6.54 Å². The molecule has 0 aliphatic carbocycles. The molecule has 0 saturated carbocycles. The number of piperidine rings is 1. The molecule has 2 heterocycles. The number of hydrogen-bond acceptors (Lipinski definition) is 4. The molecule has 3 rings (SSSR count). The summed E-state index contributed by atoms with van der Waals surface area (Å²) in [5.74, 6) is 1.41. The minimum absolute atomic E-state index is 0.333. The molecule has 2 N–H and O–H groups in total. The highest BCUT2D eigenvalue weighted by atomic mass is 16.3. The predicted molar refractivity (Wildman–Crippen MR) is 84.4 cm³/mol. The Morgan fingerprint density at radius 2 is 2.00 bits per heavy atom. The molecule has 0 atom stereocenters. The van der Waals surface area contributed by atoms with Crippen molar-refractivity contribution in [1.29, 1.82) is 0 Å². The standard InChI is InChI=1S/C17H21N3O/c21-16-5-3-4-14(12-16)13-19-15-7-10-20(11-8-15)17-6-1-2-9-18-17/h1-6,9,12,15,19,21H,7-8,10-11,13H2. The second kappa shape index (κ2) is 6.59. The van der Waals surface area contributed by atoms with Crippen LogP contribution in [0.2, 0.25) is 0 Å². The van der Waals surface area contributed by atoms with E-state index < -0.39 is 0 Å². The second-order valence-electron chi connectivity index (χ2n) is 5.50. The molecule has 1 aliphatic rings. The molecular formula is C17H21N3O. The lowest BCUT2D eigenvalue weighted by atomic mass is 10.0. The number of nitrogens with one attached hydrogen (secondary N) is 1. The van der Waals surface area contributed by atoms with E-state index in [0.717, 1.165) is 43.9 Å². The number of rotatable bonds is 4. The highest BCUT2D eigenvalue weighted by Gasteiger charge is 2.19. The molecule has 1 aliphatic heterocycles. The van der Waals surface area contributed by atoms with Crippen molar-refractivity contribution in [3.05, 3.63) is 54.2 Å². The van der Waals surface area contributed by atoms with E-state index in [1.807, 2.05) is 36.5 Å². The van der Waals surface area contributed by atoms with Gasteiger partial charge in [0.25, 0.3) is 0 Å². The van der Waals surface area contributed by atoms with Crippen molar-refractivity contribution >= 4 is 5.82 Å². The monoisotopic (exact) mass is 283 g/mol. The Balaban J connectivity index is 1.48. The third-order valence-corrected chi connectivity index (χ3v) is 3.97. The zero-order chi connectivity index (χ0) is 14.5. The minimum atomic E-state index is 0.333. The first-order valence-electron chi connectivity index (χ1n) is 7.48. The fourth-order valence-electron chi connectivity index (χ4n) is 2.78. The normalized spacial score (nSPS) is 16.1. The van der Waals surface area contributed by atoms with Gasteiger partial charge in [0, 0.05) is 31.9 Å². The first-order chi connectivity index (χ1) is 10.3. The summed E-state index contributed by atoms with van der Waals surface area (Å²) in [4.78, 5) is 6.75. The summed E-state index contributed by atoms with van der Waals surface area (Å²) in [6, 6.07) is 14.0. The number of hydrogen-bond donors (Lipinski definition) is 2. The van der Waals surface area contributed by atoms with Crippen LogP contribution < -0.4 is 10.2 Å². The van der Waals surface area contributed by atoms with Crippen molar-refractivity contribution in [2.75, 3.05) is 18.0 Å². The van der Waals surface area contributed by atoms with Gasteiger partial charge in [0.2, 0.25) is 0 Å². The van der Waals surface area contributed by atoms with Gasteiger partial charge in [0.05, 0.1) is 0 Å². The predicted octanol–water partition coefficient (Wildman–Crippen LogP) is 2.55. The molecule has 0 bridgehead atoms. The summed E-state index contributed by atoms with van der Waals surface area (Å²) >= 11 is 0. The third kappa shape index (κ3) is 3.73. The third-order valence-electron chi connectivity index (χ3n) is 3.97. The van der Waals surface area contributed by atoms with Crippen LogP contribution in [0.15, 0.2) is 48.7 Å².